The van der Waals surface area contributed by atoms with E-state index in [4.69, 9.17) is 0 Å². The van der Waals surface area contributed by atoms with Gasteiger partial charge >= 0.3 is 47.6 Å². The van der Waals surface area contributed by atoms with Gasteiger partial charge in [-0.1, -0.05) is 24.3 Å². The average Bonchev–Trinajstić information content (AvgIpc) is 2.04. The quantitative estimate of drug-likeness (QED) is 0.602. The standard InChI is InChI=1S/C8H12.CO.2BrH.Co/c1-2-4-6-8-7-5-3-1;1-2;;;/h1-2,7-8H,3-6H2;;2*1H;/q;;;;+2/p-2. The van der Waals surface area contributed by atoms with Gasteiger partial charge < -0.3 is 0 Å². The van der Waals surface area contributed by atoms with E-state index >= 15 is 0 Å². The molecule has 0 aromatic heterocycles. The van der Waals surface area contributed by atoms with Crippen LogP contribution >= 0.6 is 28.3 Å². The van der Waals surface area contributed by atoms with Gasteiger partial charge in [-0.2, -0.15) is 0 Å². The molecule has 4 heteroatoms. The average molecular weight is 355 g/mol. The number of hydrogen-bond donors (Lipinski definition) is 0. The summed E-state index contributed by atoms with van der Waals surface area (Å²) in [7, 11) is -0.762. The van der Waals surface area contributed by atoms with E-state index in [2.05, 4.69) is 52.6 Å². The van der Waals surface area contributed by atoms with Crippen LogP contribution in [-0.4, -0.2) is 4.82 Å². The van der Waals surface area contributed by atoms with Crippen LogP contribution in [0.4, 0.5) is 0 Å². The molecule has 0 radical (unpaired) electrons. The van der Waals surface area contributed by atoms with Crippen molar-refractivity contribution in [2.75, 3.05) is 0 Å². The Morgan fingerprint density at radius 2 is 1.15 bits per heavy atom. The summed E-state index contributed by atoms with van der Waals surface area (Å²) >= 11 is 5.86. The Morgan fingerprint density at radius 1 is 0.923 bits per heavy atom. The van der Waals surface area contributed by atoms with Crippen LogP contribution in [-0.2, 0) is 14.4 Å². The Morgan fingerprint density at radius 3 is 1.31 bits per heavy atom. The van der Waals surface area contributed by atoms with Crippen LogP contribution in [0.2, 0.25) is 0 Å². The van der Waals surface area contributed by atoms with E-state index in [1.54, 1.807) is 4.82 Å². The summed E-state index contributed by atoms with van der Waals surface area (Å²) in [4.78, 5) is 11.0. The van der Waals surface area contributed by atoms with Crippen LogP contribution in [0.25, 0.3) is 0 Å². The van der Waals surface area contributed by atoms with Crippen LogP contribution in [0.15, 0.2) is 24.3 Å². The van der Waals surface area contributed by atoms with Gasteiger partial charge in [-0.3, -0.25) is 0 Å². The minimum absolute atomic E-state index is 0.762. The summed E-state index contributed by atoms with van der Waals surface area (Å²) in [6, 6.07) is 0. The van der Waals surface area contributed by atoms with Gasteiger partial charge in [0, 0.05) is 0 Å². The molecule has 77 valence electrons. The van der Waals surface area contributed by atoms with Gasteiger partial charge in [0.1, 0.15) is 0 Å². The second-order valence-corrected chi connectivity index (χ2v) is 10.4. The molecule has 0 aliphatic heterocycles. The predicted octanol–water partition coefficient (Wildman–Crippen LogP) is 3.96. The molecule has 1 nitrogen and oxygen atoms in total. The van der Waals surface area contributed by atoms with Crippen LogP contribution in [0.3, 0.4) is 0 Å². The summed E-state index contributed by atoms with van der Waals surface area (Å²) in [6.45, 7) is 0. The SMILES string of the molecule is C1=CCCC=CCC1.O=[C]=[Co]([Br])[Br]. The molecule has 0 N–H and O–H groups in total. The maximum absolute atomic E-state index is 9.31. The third-order valence-corrected chi connectivity index (χ3v) is 2.44. The first kappa shape index (κ1) is 13.5. The number of allylic oxidation sites excluding steroid dienone is 4. The monoisotopic (exact) mass is 353 g/mol. The molecule has 0 spiro atoms. The first-order valence-corrected chi connectivity index (χ1v) is 9.59. The fourth-order valence-electron chi connectivity index (χ4n) is 0.856. The van der Waals surface area contributed by atoms with Gasteiger partial charge in [-0.05, 0) is 25.7 Å². The fourth-order valence-corrected chi connectivity index (χ4v) is 0.856. The van der Waals surface area contributed by atoms with Crippen molar-refractivity contribution < 1.29 is 14.4 Å². The van der Waals surface area contributed by atoms with Crippen molar-refractivity contribution in [3.8, 4) is 0 Å². The van der Waals surface area contributed by atoms with E-state index in [1.807, 2.05) is 0 Å². The number of rotatable bonds is 0. The van der Waals surface area contributed by atoms with Gasteiger partial charge in [0.05, 0.1) is 0 Å². The molecule has 0 saturated heterocycles. The van der Waals surface area contributed by atoms with Crippen LogP contribution in [0, 0.1) is 0 Å². The number of halogens is 2. The number of hydrogen-bond acceptors (Lipinski definition) is 1. The molecule has 1 aliphatic carbocycles. The molecule has 0 saturated carbocycles. The van der Waals surface area contributed by atoms with Gasteiger partial charge in [0.25, 0.3) is 0 Å². The van der Waals surface area contributed by atoms with E-state index < -0.39 is 9.64 Å². The summed E-state index contributed by atoms with van der Waals surface area (Å²) in [5, 5.41) is 0. The van der Waals surface area contributed by atoms with Gasteiger partial charge in [0.2, 0.25) is 0 Å². The van der Waals surface area contributed by atoms with Gasteiger partial charge in [0.15, 0.2) is 0 Å². The zero-order valence-corrected chi connectivity index (χ0v) is 11.3. The van der Waals surface area contributed by atoms with E-state index in [9.17, 15) is 4.79 Å². The summed E-state index contributed by atoms with van der Waals surface area (Å²) < 4.78 is 0. The Balaban J connectivity index is 0.000000252. The zero-order valence-electron chi connectivity index (χ0n) is 7.14. The molecule has 0 bridgehead atoms. The van der Waals surface area contributed by atoms with Gasteiger partial charge in [-0.25, -0.2) is 0 Å². The molecule has 1 rings (SSSR count). The van der Waals surface area contributed by atoms with Crippen molar-refractivity contribution in [1.82, 2.24) is 0 Å². The molecule has 13 heavy (non-hydrogen) atoms. The molecule has 0 unspecified atom stereocenters. The van der Waals surface area contributed by atoms with E-state index in [1.165, 1.54) is 25.7 Å². The Labute approximate surface area is 97.1 Å². The van der Waals surface area contributed by atoms with E-state index in [0.29, 0.717) is 0 Å². The Hall–Kier alpha value is 0.526. The summed E-state index contributed by atoms with van der Waals surface area (Å²) in [5.74, 6) is 0. The Bertz CT molecular complexity index is 200. The third-order valence-electron chi connectivity index (χ3n) is 1.38. The fraction of sp³-hybridized carbons (Fsp3) is 0.444. The zero-order chi connectivity index (χ0) is 9.94. The van der Waals surface area contributed by atoms with Crippen molar-refractivity contribution in [2.24, 2.45) is 0 Å². The molecule has 0 aromatic rings. The third kappa shape index (κ3) is 12.5. The minimum atomic E-state index is -0.762. The predicted molar refractivity (Wildman–Crippen MR) is 60.3 cm³/mol. The van der Waals surface area contributed by atoms with E-state index in [0.717, 1.165) is 0 Å². The molecule has 0 atom stereocenters. The van der Waals surface area contributed by atoms with Crippen molar-refractivity contribution >= 4 is 33.2 Å². The molecular formula is C9H12Br2CoO. The number of carbonyl (C=O) groups excluding carboxylic acids is 1. The van der Waals surface area contributed by atoms with Crippen molar-refractivity contribution in [3.05, 3.63) is 24.3 Å². The van der Waals surface area contributed by atoms with Crippen molar-refractivity contribution in [1.29, 1.82) is 0 Å². The Kier molecular flexibility index (Phi) is 11.0. The van der Waals surface area contributed by atoms with Crippen LogP contribution in [0.1, 0.15) is 25.7 Å². The van der Waals surface area contributed by atoms with Crippen LogP contribution in [0.5, 0.6) is 0 Å². The van der Waals surface area contributed by atoms with Gasteiger partial charge in [-0.15, -0.1) is 0 Å². The second-order valence-electron chi connectivity index (χ2n) is 2.34. The first-order valence-electron chi connectivity index (χ1n) is 3.92. The summed E-state index contributed by atoms with van der Waals surface area (Å²) in [5.41, 5.74) is 0. The molecule has 0 heterocycles. The van der Waals surface area contributed by atoms with Crippen molar-refractivity contribution in [3.63, 3.8) is 0 Å². The molecule has 0 amide bonds. The van der Waals surface area contributed by atoms with E-state index in [-0.39, 0.29) is 0 Å². The van der Waals surface area contributed by atoms with Crippen LogP contribution < -0.4 is 0 Å². The summed E-state index contributed by atoms with van der Waals surface area (Å²) in [6.07, 6.45) is 14.0. The van der Waals surface area contributed by atoms with Crippen molar-refractivity contribution in [2.45, 2.75) is 25.7 Å². The molecule has 1 aliphatic rings. The maximum atomic E-state index is 9.31. The molecule has 0 aromatic carbocycles. The molecular weight excluding hydrogens is 343 g/mol. The second kappa shape index (κ2) is 10.6. The normalized spacial score (nSPS) is 16.0. The first-order chi connectivity index (χ1) is 6.27. The topological polar surface area (TPSA) is 17.1 Å². The molecule has 0 fully saturated rings.